The Morgan fingerprint density at radius 1 is 1.24 bits per heavy atom. The van der Waals surface area contributed by atoms with Crippen molar-refractivity contribution < 1.29 is 9.66 Å². The Balaban J connectivity index is 2.42. The average molecular weight is 280 g/mol. The van der Waals surface area contributed by atoms with Gasteiger partial charge in [-0.25, -0.2) is 0 Å². The number of hydrogen-bond acceptors (Lipinski definition) is 4. The van der Waals surface area contributed by atoms with E-state index in [1.807, 2.05) is 18.2 Å². The zero-order valence-corrected chi connectivity index (χ0v) is 11.3. The number of methoxy groups -OCH3 is 1. The third kappa shape index (κ3) is 3.25. The van der Waals surface area contributed by atoms with Crippen molar-refractivity contribution in [3.63, 3.8) is 0 Å². The van der Waals surface area contributed by atoms with Gasteiger partial charge in [0.05, 0.1) is 23.7 Å². The Morgan fingerprint density at radius 2 is 1.90 bits per heavy atom. The van der Waals surface area contributed by atoms with Crippen LogP contribution in [0.25, 0.3) is 11.6 Å². The van der Waals surface area contributed by atoms with Gasteiger partial charge in [0.15, 0.2) is 0 Å². The van der Waals surface area contributed by atoms with Gasteiger partial charge in [-0.15, -0.1) is 0 Å². The number of nitriles is 1. The van der Waals surface area contributed by atoms with Crippen LogP contribution in [0.1, 0.15) is 11.1 Å². The Morgan fingerprint density at radius 3 is 2.48 bits per heavy atom. The highest BCUT2D eigenvalue weighted by Crippen LogP contribution is 2.25. The monoisotopic (exact) mass is 280 g/mol. The molecule has 2 aromatic rings. The van der Waals surface area contributed by atoms with Crippen LogP contribution in [0.3, 0.4) is 0 Å². The Hall–Kier alpha value is -3.13. The maximum Gasteiger partial charge on any atom is 0.269 e. The number of nitro groups is 1. The van der Waals surface area contributed by atoms with Gasteiger partial charge >= 0.3 is 0 Å². The summed E-state index contributed by atoms with van der Waals surface area (Å²) in [5.74, 6) is 0.659. The summed E-state index contributed by atoms with van der Waals surface area (Å²) in [7, 11) is 1.56. The van der Waals surface area contributed by atoms with Crippen LogP contribution in [0.2, 0.25) is 0 Å². The fourth-order valence-electron chi connectivity index (χ4n) is 1.88. The molecule has 0 radical (unpaired) electrons. The molecule has 2 aromatic carbocycles. The standard InChI is InChI=1S/C16H12N2O3/c1-21-16-5-3-2-4-13(16)10-14(11-17)12-6-8-15(9-7-12)18(19)20/h2-10H,1H3/b14-10-. The van der Waals surface area contributed by atoms with E-state index < -0.39 is 4.92 Å². The van der Waals surface area contributed by atoms with E-state index in [4.69, 9.17) is 4.74 Å². The molecule has 0 atom stereocenters. The third-order valence-electron chi connectivity index (χ3n) is 2.95. The molecule has 0 heterocycles. The summed E-state index contributed by atoms with van der Waals surface area (Å²) < 4.78 is 5.23. The van der Waals surface area contributed by atoms with Crippen molar-refractivity contribution in [3.05, 3.63) is 69.8 Å². The van der Waals surface area contributed by atoms with Crippen molar-refractivity contribution in [1.29, 1.82) is 5.26 Å². The van der Waals surface area contributed by atoms with Crippen LogP contribution in [0.4, 0.5) is 5.69 Å². The first-order chi connectivity index (χ1) is 10.2. The van der Waals surface area contributed by atoms with E-state index in [2.05, 4.69) is 6.07 Å². The number of allylic oxidation sites excluding steroid dienone is 1. The van der Waals surface area contributed by atoms with E-state index in [1.54, 1.807) is 31.4 Å². The second kappa shape index (κ2) is 6.35. The van der Waals surface area contributed by atoms with Crippen molar-refractivity contribution in [3.8, 4) is 11.8 Å². The molecule has 0 unspecified atom stereocenters. The molecule has 0 aromatic heterocycles. The summed E-state index contributed by atoms with van der Waals surface area (Å²) in [6, 6.07) is 15.3. The Labute approximate surface area is 121 Å². The van der Waals surface area contributed by atoms with Crippen molar-refractivity contribution in [2.75, 3.05) is 7.11 Å². The first-order valence-corrected chi connectivity index (χ1v) is 6.15. The Kier molecular flexibility index (Phi) is 4.32. The summed E-state index contributed by atoms with van der Waals surface area (Å²) >= 11 is 0. The molecule has 0 spiro atoms. The van der Waals surface area contributed by atoms with Crippen LogP contribution in [-0.2, 0) is 0 Å². The summed E-state index contributed by atoms with van der Waals surface area (Å²) in [5.41, 5.74) is 1.80. The maximum absolute atomic E-state index is 10.6. The van der Waals surface area contributed by atoms with Gasteiger partial charge in [-0.1, -0.05) is 18.2 Å². The van der Waals surface area contributed by atoms with E-state index >= 15 is 0 Å². The van der Waals surface area contributed by atoms with Crippen LogP contribution in [-0.4, -0.2) is 12.0 Å². The highest BCUT2D eigenvalue weighted by Gasteiger charge is 2.08. The van der Waals surface area contributed by atoms with E-state index in [-0.39, 0.29) is 5.69 Å². The minimum Gasteiger partial charge on any atom is -0.496 e. The lowest BCUT2D eigenvalue weighted by Gasteiger charge is -2.05. The molecule has 0 aliphatic heterocycles. The number of hydrogen-bond donors (Lipinski definition) is 0. The summed E-state index contributed by atoms with van der Waals surface area (Å²) in [4.78, 5) is 10.2. The zero-order valence-electron chi connectivity index (χ0n) is 11.3. The predicted molar refractivity (Wildman–Crippen MR) is 79.6 cm³/mol. The molecule has 0 saturated carbocycles. The molecule has 0 N–H and O–H groups in total. The molecule has 0 amide bonds. The lowest BCUT2D eigenvalue weighted by atomic mass is 10.0. The average Bonchev–Trinajstić information content (AvgIpc) is 2.53. The lowest BCUT2D eigenvalue weighted by Crippen LogP contribution is -1.89. The summed E-state index contributed by atoms with van der Waals surface area (Å²) in [6.07, 6.45) is 1.69. The molecule has 0 saturated heterocycles. The fraction of sp³-hybridized carbons (Fsp3) is 0.0625. The summed E-state index contributed by atoms with van der Waals surface area (Å²) in [6.45, 7) is 0. The predicted octanol–water partition coefficient (Wildman–Crippen LogP) is 3.67. The van der Waals surface area contributed by atoms with Gasteiger partial charge in [0, 0.05) is 17.7 Å². The minimum absolute atomic E-state index is 0.00617. The first kappa shape index (κ1) is 14.3. The minimum atomic E-state index is -0.472. The molecule has 0 aliphatic rings. The molecule has 5 heteroatoms. The Bertz CT molecular complexity index is 728. The molecule has 0 bridgehead atoms. The van der Waals surface area contributed by atoms with Gasteiger partial charge in [-0.3, -0.25) is 10.1 Å². The van der Waals surface area contributed by atoms with Crippen LogP contribution < -0.4 is 4.74 Å². The van der Waals surface area contributed by atoms with Gasteiger partial charge in [-0.05, 0) is 29.8 Å². The number of rotatable bonds is 4. The zero-order chi connectivity index (χ0) is 15.2. The summed E-state index contributed by atoms with van der Waals surface area (Å²) in [5, 5.41) is 19.9. The number of nitrogens with zero attached hydrogens (tertiary/aromatic N) is 2. The number of nitro benzene ring substituents is 1. The van der Waals surface area contributed by atoms with Crippen molar-refractivity contribution in [2.24, 2.45) is 0 Å². The van der Waals surface area contributed by atoms with Crippen LogP contribution >= 0.6 is 0 Å². The number of benzene rings is 2. The fourth-order valence-corrected chi connectivity index (χ4v) is 1.88. The molecule has 0 aliphatic carbocycles. The third-order valence-corrected chi connectivity index (χ3v) is 2.95. The van der Waals surface area contributed by atoms with Gasteiger partial charge in [0.1, 0.15) is 5.75 Å². The molecular weight excluding hydrogens is 268 g/mol. The molecule has 5 nitrogen and oxygen atoms in total. The number of ether oxygens (including phenoxy) is 1. The van der Waals surface area contributed by atoms with Gasteiger partial charge in [0.25, 0.3) is 5.69 Å². The number of para-hydroxylation sites is 1. The van der Waals surface area contributed by atoms with Crippen LogP contribution in [0.5, 0.6) is 5.75 Å². The van der Waals surface area contributed by atoms with E-state index in [1.165, 1.54) is 12.1 Å². The topological polar surface area (TPSA) is 76.2 Å². The quantitative estimate of drug-likeness (QED) is 0.370. The van der Waals surface area contributed by atoms with E-state index in [0.717, 1.165) is 5.56 Å². The first-order valence-electron chi connectivity index (χ1n) is 6.15. The van der Waals surface area contributed by atoms with E-state index in [0.29, 0.717) is 16.9 Å². The maximum atomic E-state index is 10.6. The number of non-ortho nitro benzene ring substituents is 1. The lowest BCUT2D eigenvalue weighted by molar-refractivity contribution is -0.384. The van der Waals surface area contributed by atoms with E-state index in [9.17, 15) is 15.4 Å². The van der Waals surface area contributed by atoms with Crippen LogP contribution in [0, 0.1) is 21.4 Å². The highest BCUT2D eigenvalue weighted by atomic mass is 16.6. The van der Waals surface area contributed by atoms with Crippen LogP contribution in [0.15, 0.2) is 48.5 Å². The molecule has 0 fully saturated rings. The highest BCUT2D eigenvalue weighted by molar-refractivity contribution is 5.90. The van der Waals surface area contributed by atoms with Gasteiger partial charge in [0.2, 0.25) is 0 Å². The SMILES string of the molecule is COc1ccccc1/C=C(/C#N)c1ccc([N+](=O)[O-])cc1. The molecular formula is C16H12N2O3. The van der Waals surface area contributed by atoms with Crippen molar-refractivity contribution in [1.82, 2.24) is 0 Å². The second-order valence-electron chi connectivity index (χ2n) is 4.22. The smallest absolute Gasteiger partial charge is 0.269 e. The van der Waals surface area contributed by atoms with Crippen molar-refractivity contribution >= 4 is 17.3 Å². The van der Waals surface area contributed by atoms with Crippen molar-refractivity contribution in [2.45, 2.75) is 0 Å². The molecule has 21 heavy (non-hydrogen) atoms. The second-order valence-corrected chi connectivity index (χ2v) is 4.22. The largest absolute Gasteiger partial charge is 0.496 e. The van der Waals surface area contributed by atoms with Gasteiger partial charge < -0.3 is 4.74 Å². The molecule has 2 rings (SSSR count). The normalized spacial score (nSPS) is 10.8. The van der Waals surface area contributed by atoms with Gasteiger partial charge in [-0.2, -0.15) is 5.26 Å². The molecule has 104 valence electrons.